The van der Waals surface area contributed by atoms with Gasteiger partial charge in [-0.1, -0.05) is 13.0 Å². The fourth-order valence-electron chi connectivity index (χ4n) is 1.86. The third-order valence-electron chi connectivity index (χ3n) is 3.17. The van der Waals surface area contributed by atoms with Crippen molar-refractivity contribution in [1.82, 2.24) is 10.3 Å². The molecule has 1 aromatic heterocycles. The highest BCUT2D eigenvalue weighted by molar-refractivity contribution is 5.11. The van der Waals surface area contributed by atoms with E-state index in [2.05, 4.69) is 36.3 Å². The molecule has 1 fully saturated rings. The van der Waals surface area contributed by atoms with Gasteiger partial charge in [0.15, 0.2) is 0 Å². The van der Waals surface area contributed by atoms with Crippen molar-refractivity contribution in [2.75, 3.05) is 6.54 Å². The first-order valence-electron chi connectivity index (χ1n) is 5.88. The second-order valence-corrected chi connectivity index (χ2v) is 4.77. The molecule has 0 spiro atoms. The Hall–Kier alpha value is -0.890. The van der Waals surface area contributed by atoms with Crippen molar-refractivity contribution < 1.29 is 0 Å². The molecule has 1 aromatic rings. The molecule has 0 bridgehead atoms. The Morgan fingerprint density at radius 1 is 1.47 bits per heavy atom. The minimum absolute atomic E-state index is 0.829. The summed E-state index contributed by atoms with van der Waals surface area (Å²) >= 11 is 0. The van der Waals surface area contributed by atoms with Crippen LogP contribution in [0.1, 0.15) is 31.0 Å². The zero-order valence-electron chi connectivity index (χ0n) is 9.66. The third-order valence-corrected chi connectivity index (χ3v) is 3.17. The van der Waals surface area contributed by atoms with E-state index in [4.69, 9.17) is 0 Å². The Bertz CT molecular complexity index is 301. The molecule has 1 atom stereocenters. The molecule has 2 rings (SSSR count). The zero-order valence-corrected chi connectivity index (χ0v) is 9.66. The molecule has 1 unspecified atom stereocenters. The first-order valence-corrected chi connectivity index (χ1v) is 5.88. The number of nitrogens with zero attached hydrogens (tertiary/aromatic N) is 1. The van der Waals surface area contributed by atoms with E-state index in [9.17, 15) is 0 Å². The molecule has 15 heavy (non-hydrogen) atoms. The van der Waals surface area contributed by atoms with E-state index in [0.717, 1.165) is 30.6 Å². The maximum absolute atomic E-state index is 4.37. The lowest BCUT2D eigenvalue weighted by atomic mass is 10.1. The topological polar surface area (TPSA) is 24.9 Å². The predicted molar refractivity (Wildman–Crippen MR) is 62.6 cm³/mol. The fraction of sp³-hybridized carbons (Fsp3) is 0.615. The molecule has 1 heterocycles. The Balaban J connectivity index is 1.70. The summed E-state index contributed by atoms with van der Waals surface area (Å²) in [5, 5.41) is 3.48. The van der Waals surface area contributed by atoms with Crippen molar-refractivity contribution in [3.63, 3.8) is 0 Å². The monoisotopic (exact) mass is 204 g/mol. The normalized spacial score (nSPS) is 17.7. The molecule has 1 aliphatic rings. The van der Waals surface area contributed by atoms with Gasteiger partial charge in [0.05, 0.1) is 5.69 Å². The molecule has 1 saturated carbocycles. The van der Waals surface area contributed by atoms with Crippen LogP contribution in [0.5, 0.6) is 0 Å². The van der Waals surface area contributed by atoms with Crippen LogP contribution in [0.15, 0.2) is 18.3 Å². The lowest BCUT2D eigenvalue weighted by Gasteiger charge is -2.10. The number of rotatable bonds is 5. The van der Waals surface area contributed by atoms with Crippen molar-refractivity contribution in [3.8, 4) is 0 Å². The van der Waals surface area contributed by atoms with Crippen molar-refractivity contribution >= 4 is 0 Å². The molecule has 2 heteroatoms. The van der Waals surface area contributed by atoms with E-state index in [1.807, 2.05) is 6.20 Å². The van der Waals surface area contributed by atoms with E-state index in [1.165, 1.54) is 18.4 Å². The van der Waals surface area contributed by atoms with Crippen LogP contribution in [0.4, 0.5) is 0 Å². The number of hydrogen-bond donors (Lipinski definition) is 1. The highest BCUT2D eigenvalue weighted by atomic mass is 14.9. The summed E-state index contributed by atoms with van der Waals surface area (Å²) in [5.74, 6) is 1.82. The second kappa shape index (κ2) is 4.75. The van der Waals surface area contributed by atoms with E-state index in [0.29, 0.717) is 0 Å². The van der Waals surface area contributed by atoms with Crippen LogP contribution in [0.2, 0.25) is 0 Å². The molecule has 1 aliphatic carbocycles. The van der Waals surface area contributed by atoms with Gasteiger partial charge in [-0.3, -0.25) is 4.98 Å². The van der Waals surface area contributed by atoms with E-state index >= 15 is 0 Å². The summed E-state index contributed by atoms with van der Waals surface area (Å²) in [6.45, 7) is 6.43. The lowest BCUT2D eigenvalue weighted by Crippen LogP contribution is -2.22. The van der Waals surface area contributed by atoms with Gasteiger partial charge >= 0.3 is 0 Å². The van der Waals surface area contributed by atoms with Crippen molar-refractivity contribution in [2.24, 2.45) is 11.8 Å². The Morgan fingerprint density at radius 2 is 2.27 bits per heavy atom. The molecule has 0 saturated heterocycles. The van der Waals surface area contributed by atoms with Gasteiger partial charge in [0.1, 0.15) is 0 Å². The van der Waals surface area contributed by atoms with Crippen molar-refractivity contribution in [1.29, 1.82) is 0 Å². The quantitative estimate of drug-likeness (QED) is 0.797. The molecule has 0 aromatic carbocycles. The number of hydrogen-bond acceptors (Lipinski definition) is 2. The smallest absolute Gasteiger partial charge is 0.0541 e. The average molecular weight is 204 g/mol. The average Bonchev–Trinajstić information content (AvgIpc) is 3.04. The van der Waals surface area contributed by atoms with Crippen LogP contribution >= 0.6 is 0 Å². The third kappa shape index (κ3) is 3.31. The number of aromatic nitrogens is 1. The van der Waals surface area contributed by atoms with Gasteiger partial charge in [-0.25, -0.2) is 0 Å². The van der Waals surface area contributed by atoms with Crippen molar-refractivity contribution in [2.45, 2.75) is 33.2 Å². The first-order chi connectivity index (χ1) is 7.25. The van der Waals surface area contributed by atoms with Crippen LogP contribution in [0, 0.1) is 18.8 Å². The number of nitrogens with one attached hydrogen (secondary N) is 1. The summed E-state index contributed by atoms with van der Waals surface area (Å²) in [6.07, 6.45) is 4.80. The summed E-state index contributed by atoms with van der Waals surface area (Å²) in [4.78, 5) is 4.37. The zero-order chi connectivity index (χ0) is 10.7. The molecular formula is C13H20N2. The fourth-order valence-corrected chi connectivity index (χ4v) is 1.86. The highest BCUT2D eigenvalue weighted by Crippen LogP contribution is 2.36. The van der Waals surface area contributed by atoms with Gasteiger partial charge in [-0.05, 0) is 49.8 Å². The SMILES string of the molecule is Cc1ccc(CNCC(C)C2CC2)nc1. The minimum Gasteiger partial charge on any atom is -0.311 e. The summed E-state index contributed by atoms with van der Waals surface area (Å²) in [5.41, 5.74) is 2.37. The lowest BCUT2D eigenvalue weighted by molar-refractivity contribution is 0.460. The maximum atomic E-state index is 4.37. The second-order valence-electron chi connectivity index (χ2n) is 4.77. The summed E-state index contributed by atoms with van der Waals surface area (Å²) < 4.78 is 0. The van der Waals surface area contributed by atoms with Crippen LogP contribution in [0.25, 0.3) is 0 Å². The van der Waals surface area contributed by atoms with E-state index in [1.54, 1.807) is 0 Å². The standard InChI is InChI=1S/C13H20N2/c1-10-3-6-13(15-7-10)9-14-8-11(2)12-4-5-12/h3,6-7,11-12,14H,4-5,8-9H2,1-2H3. The Morgan fingerprint density at radius 3 is 2.87 bits per heavy atom. The summed E-state index contributed by atoms with van der Waals surface area (Å²) in [6, 6.07) is 4.22. The highest BCUT2D eigenvalue weighted by Gasteiger charge is 2.27. The predicted octanol–water partition coefficient (Wildman–Crippen LogP) is 2.53. The van der Waals surface area contributed by atoms with Gasteiger partial charge in [0.2, 0.25) is 0 Å². The van der Waals surface area contributed by atoms with Gasteiger partial charge in [-0.15, -0.1) is 0 Å². The van der Waals surface area contributed by atoms with Crippen LogP contribution in [-0.2, 0) is 6.54 Å². The van der Waals surface area contributed by atoms with Gasteiger partial charge in [0.25, 0.3) is 0 Å². The molecule has 1 N–H and O–H groups in total. The van der Waals surface area contributed by atoms with Crippen LogP contribution in [-0.4, -0.2) is 11.5 Å². The largest absolute Gasteiger partial charge is 0.311 e. The van der Waals surface area contributed by atoms with Crippen molar-refractivity contribution in [3.05, 3.63) is 29.6 Å². The molecule has 0 radical (unpaired) electrons. The minimum atomic E-state index is 0.829. The maximum Gasteiger partial charge on any atom is 0.0541 e. The van der Waals surface area contributed by atoms with E-state index < -0.39 is 0 Å². The number of aryl methyl sites for hydroxylation is 1. The molecule has 0 amide bonds. The van der Waals surface area contributed by atoms with E-state index in [-0.39, 0.29) is 0 Å². The summed E-state index contributed by atoms with van der Waals surface area (Å²) in [7, 11) is 0. The molecular weight excluding hydrogens is 184 g/mol. The Kier molecular flexibility index (Phi) is 3.37. The van der Waals surface area contributed by atoms with Gasteiger partial charge in [-0.2, -0.15) is 0 Å². The molecule has 82 valence electrons. The van der Waals surface area contributed by atoms with Gasteiger partial charge < -0.3 is 5.32 Å². The number of pyridine rings is 1. The van der Waals surface area contributed by atoms with Crippen LogP contribution < -0.4 is 5.32 Å². The van der Waals surface area contributed by atoms with Crippen LogP contribution in [0.3, 0.4) is 0 Å². The molecule has 2 nitrogen and oxygen atoms in total. The van der Waals surface area contributed by atoms with Gasteiger partial charge in [0, 0.05) is 12.7 Å². The Labute approximate surface area is 92.1 Å². The molecule has 0 aliphatic heterocycles. The first kappa shape index (κ1) is 10.6.